The zero-order valence-corrected chi connectivity index (χ0v) is 12.4. The molecule has 2 N–H and O–H groups in total. The fraction of sp³-hybridized carbons (Fsp3) is 0.455. The third-order valence-electron chi connectivity index (χ3n) is 2.31. The molecule has 0 spiro atoms. The molecule has 6 heteroatoms. The van der Waals surface area contributed by atoms with E-state index in [0.717, 1.165) is 10.0 Å². The van der Waals surface area contributed by atoms with Crippen molar-refractivity contribution in [3.63, 3.8) is 0 Å². The van der Waals surface area contributed by atoms with E-state index in [1.54, 1.807) is 19.1 Å². The average Bonchev–Trinajstić information content (AvgIpc) is 2.20. The van der Waals surface area contributed by atoms with Crippen molar-refractivity contribution < 1.29 is 13.5 Å². The van der Waals surface area contributed by atoms with E-state index in [-0.39, 0.29) is 11.4 Å². The van der Waals surface area contributed by atoms with Crippen LogP contribution in [0.5, 0.6) is 0 Å². The second-order valence-corrected chi connectivity index (χ2v) is 6.66. The first-order valence-corrected chi connectivity index (χ1v) is 7.46. The minimum absolute atomic E-state index is 0.0108. The fourth-order valence-corrected chi connectivity index (χ4v) is 3.24. The molecule has 4 nitrogen and oxygen atoms in total. The molecule has 0 aliphatic carbocycles. The molecule has 1 aromatic carbocycles. The Kier molecular flexibility index (Phi) is 4.71. The highest BCUT2D eigenvalue weighted by atomic mass is 79.9. The van der Waals surface area contributed by atoms with E-state index in [9.17, 15) is 8.42 Å². The van der Waals surface area contributed by atoms with E-state index in [2.05, 4.69) is 20.7 Å². The van der Waals surface area contributed by atoms with Crippen LogP contribution in [-0.2, 0) is 10.0 Å². The highest BCUT2D eigenvalue weighted by Crippen LogP contribution is 2.24. The quantitative estimate of drug-likeness (QED) is 0.887. The number of rotatable bonds is 4. The number of aliphatic hydroxyl groups is 1. The monoisotopic (exact) mass is 321 g/mol. The first-order chi connectivity index (χ1) is 7.74. The van der Waals surface area contributed by atoms with Crippen LogP contribution in [0.15, 0.2) is 21.5 Å². The molecule has 0 aliphatic rings. The predicted molar refractivity (Wildman–Crippen MR) is 70.5 cm³/mol. The van der Waals surface area contributed by atoms with Gasteiger partial charge < -0.3 is 5.11 Å². The summed E-state index contributed by atoms with van der Waals surface area (Å²) in [6, 6.07) is 3.38. The van der Waals surface area contributed by atoms with Crippen LogP contribution in [0.2, 0.25) is 0 Å². The number of hydrogen-bond donors (Lipinski definition) is 2. The first-order valence-electron chi connectivity index (χ1n) is 5.18. The van der Waals surface area contributed by atoms with Crippen LogP contribution in [0.4, 0.5) is 0 Å². The van der Waals surface area contributed by atoms with Crippen LogP contribution in [0, 0.1) is 13.8 Å². The standard InChI is InChI=1S/C11H16BrNO3S/c1-7-5-11(8(2)4-10(7)12)17(15,16)13-6-9(3)14/h4-5,9,13-14H,6H2,1-3H3/t9-/m0/s1. The Morgan fingerprint density at radius 2 is 1.94 bits per heavy atom. The van der Waals surface area contributed by atoms with Gasteiger partial charge in [0, 0.05) is 11.0 Å². The molecule has 0 aromatic heterocycles. The molecular weight excluding hydrogens is 306 g/mol. The van der Waals surface area contributed by atoms with E-state index in [1.165, 1.54) is 6.92 Å². The number of benzene rings is 1. The Hall–Kier alpha value is -0.430. The summed E-state index contributed by atoms with van der Waals surface area (Å²) >= 11 is 3.35. The third-order valence-corrected chi connectivity index (χ3v) is 4.73. The minimum Gasteiger partial charge on any atom is -0.392 e. The van der Waals surface area contributed by atoms with Crippen LogP contribution in [0.25, 0.3) is 0 Å². The summed E-state index contributed by atoms with van der Waals surface area (Å²) < 4.78 is 27.2. The van der Waals surface area contributed by atoms with Crippen LogP contribution in [0.3, 0.4) is 0 Å². The van der Waals surface area contributed by atoms with E-state index in [0.29, 0.717) is 5.56 Å². The van der Waals surface area contributed by atoms with Crippen molar-refractivity contribution >= 4 is 26.0 Å². The maximum absolute atomic E-state index is 12.0. The lowest BCUT2D eigenvalue weighted by Crippen LogP contribution is -2.31. The third kappa shape index (κ3) is 3.77. The van der Waals surface area contributed by atoms with Crippen LogP contribution in [0.1, 0.15) is 18.1 Å². The second kappa shape index (κ2) is 5.48. The van der Waals surface area contributed by atoms with Crippen molar-refractivity contribution in [1.82, 2.24) is 4.72 Å². The number of aryl methyl sites for hydroxylation is 2. The van der Waals surface area contributed by atoms with Gasteiger partial charge in [0.15, 0.2) is 0 Å². The van der Waals surface area contributed by atoms with Gasteiger partial charge >= 0.3 is 0 Å². The predicted octanol–water partition coefficient (Wildman–Crippen LogP) is 1.73. The van der Waals surface area contributed by atoms with Crippen molar-refractivity contribution in [2.24, 2.45) is 0 Å². The maximum atomic E-state index is 12.0. The van der Waals surface area contributed by atoms with Gasteiger partial charge in [-0.05, 0) is 44.0 Å². The summed E-state index contributed by atoms with van der Waals surface area (Å²) in [5, 5.41) is 9.10. The first kappa shape index (κ1) is 14.6. The van der Waals surface area contributed by atoms with Crippen molar-refractivity contribution in [2.75, 3.05) is 6.54 Å². The van der Waals surface area contributed by atoms with Gasteiger partial charge in [-0.25, -0.2) is 13.1 Å². The molecule has 0 fully saturated rings. The lowest BCUT2D eigenvalue weighted by Gasteiger charge is -2.12. The molecule has 0 unspecified atom stereocenters. The summed E-state index contributed by atoms with van der Waals surface area (Å²) in [6.07, 6.45) is -0.707. The molecule has 0 aliphatic heterocycles. The van der Waals surface area contributed by atoms with E-state index >= 15 is 0 Å². The summed E-state index contributed by atoms with van der Waals surface area (Å²) in [5.41, 5.74) is 1.52. The van der Waals surface area contributed by atoms with E-state index in [1.807, 2.05) is 6.92 Å². The molecule has 96 valence electrons. The Morgan fingerprint density at radius 1 is 1.35 bits per heavy atom. The molecule has 0 amide bonds. The number of aliphatic hydroxyl groups excluding tert-OH is 1. The molecule has 0 radical (unpaired) electrons. The highest BCUT2D eigenvalue weighted by Gasteiger charge is 2.18. The zero-order chi connectivity index (χ0) is 13.2. The lowest BCUT2D eigenvalue weighted by molar-refractivity contribution is 0.198. The summed E-state index contributed by atoms with van der Waals surface area (Å²) in [5.74, 6) is 0. The van der Waals surface area contributed by atoms with Gasteiger partial charge in [0.25, 0.3) is 0 Å². The Balaban J connectivity index is 3.11. The molecule has 1 aromatic rings. The van der Waals surface area contributed by atoms with Gasteiger partial charge in [-0.1, -0.05) is 15.9 Å². The molecule has 1 rings (SSSR count). The van der Waals surface area contributed by atoms with Gasteiger partial charge in [-0.3, -0.25) is 0 Å². The maximum Gasteiger partial charge on any atom is 0.240 e. The van der Waals surface area contributed by atoms with E-state index < -0.39 is 16.1 Å². The highest BCUT2D eigenvalue weighted by molar-refractivity contribution is 9.10. The summed E-state index contributed by atoms with van der Waals surface area (Å²) in [6.45, 7) is 5.11. The second-order valence-electron chi connectivity index (χ2n) is 4.07. The van der Waals surface area contributed by atoms with Gasteiger partial charge in [0.05, 0.1) is 11.0 Å². The largest absolute Gasteiger partial charge is 0.392 e. The molecule has 1 atom stereocenters. The normalized spacial score (nSPS) is 13.7. The van der Waals surface area contributed by atoms with Crippen molar-refractivity contribution in [2.45, 2.75) is 31.8 Å². The van der Waals surface area contributed by atoms with Crippen molar-refractivity contribution in [1.29, 1.82) is 0 Å². The fourth-order valence-electron chi connectivity index (χ4n) is 1.35. The molecular formula is C11H16BrNO3S. The minimum atomic E-state index is -3.56. The number of halogens is 1. The average molecular weight is 322 g/mol. The van der Waals surface area contributed by atoms with Gasteiger partial charge in [0.1, 0.15) is 0 Å². The molecule has 0 heterocycles. The Labute approximate surface area is 110 Å². The Bertz CT molecular complexity index is 512. The van der Waals surface area contributed by atoms with Gasteiger partial charge in [-0.2, -0.15) is 0 Å². The van der Waals surface area contributed by atoms with Crippen molar-refractivity contribution in [3.8, 4) is 0 Å². The van der Waals surface area contributed by atoms with Crippen LogP contribution < -0.4 is 4.72 Å². The van der Waals surface area contributed by atoms with E-state index in [4.69, 9.17) is 5.11 Å². The molecule has 0 saturated carbocycles. The van der Waals surface area contributed by atoms with Crippen molar-refractivity contribution in [3.05, 3.63) is 27.7 Å². The topological polar surface area (TPSA) is 66.4 Å². The van der Waals surface area contributed by atoms with Gasteiger partial charge in [-0.15, -0.1) is 0 Å². The number of hydrogen-bond acceptors (Lipinski definition) is 3. The van der Waals surface area contributed by atoms with Crippen LogP contribution in [-0.4, -0.2) is 26.2 Å². The summed E-state index contributed by atoms with van der Waals surface area (Å²) in [7, 11) is -3.56. The number of nitrogens with one attached hydrogen (secondary N) is 1. The lowest BCUT2D eigenvalue weighted by atomic mass is 10.2. The molecule has 0 bridgehead atoms. The molecule has 17 heavy (non-hydrogen) atoms. The SMILES string of the molecule is Cc1cc(S(=O)(=O)NC[C@H](C)O)c(C)cc1Br. The smallest absolute Gasteiger partial charge is 0.240 e. The summed E-state index contributed by atoms with van der Waals surface area (Å²) in [4.78, 5) is 0.249. The zero-order valence-electron chi connectivity index (χ0n) is 9.99. The number of sulfonamides is 1. The van der Waals surface area contributed by atoms with Gasteiger partial charge in [0.2, 0.25) is 10.0 Å². The Morgan fingerprint density at radius 3 is 2.47 bits per heavy atom. The molecule has 0 saturated heterocycles. The van der Waals surface area contributed by atoms with Crippen LogP contribution >= 0.6 is 15.9 Å².